The van der Waals surface area contributed by atoms with E-state index < -0.39 is 6.04 Å². The molecule has 0 fully saturated rings. The van der Waals surface area contributed by atoms with Crippen molar-refractivity contribution in [3.63, 3.8) is 0 Å². The summed E-state index contributed by atoms with van der Waals surface area (Å²) >= 11 is 0. The number of nitrogens with one attached hydrogen (secondary N) is 2. The number of hydrogen-bond donors (Lipinski definition) is 2. The summed E-state index contributed by atoms with van der Waals surface area (Å²) in [6, 6.07) is 8.56. The maximum absolute atomic E-state index is 12.3. The molecule has 1 aromatic rings. The lowest BCUT2D eigenvalue weighted by Gasteiger charge is -2.20. The molecule has 0 spiro atoms. The van der Waals surface area contributed by atoms with Crippen LogP contribution in [0.2, 0.25) is 0 Å². The van der Waals surface area contributed by atoms with Crippen LogP contribution in [0.25, 0.3) is 0 Å². The standard InChI is InChI=1S/C18H28N2O3/c1-13(2)10-11-16(20-17(21)14(3)19-4)18(22)23-12-15-8-6-5-7-9-15/h5-9,13-14,16,19H,10-12H2,1-4H3,(H,20,21)/t14-,16-/m1/s1. The average Bonchev–Trinajstić information content (AvgIpc) is 2.56. The highest BCUT2D eigenvalue weighted by Gasteiger charge is 2.24. The predicted octanol–water partition coefficient (Wildman–Crippen LogP) is 2.26. The summed E-state index contributed by atoms with van der Waals surface area (Å²) in [5.74, 6) is -0.123. The quantitative estimate of drug-likeness (QED) is 0.685. The minimum absolute atomic E-state index is 0.196. The van der Waals surface area contributed by atoms with Gasteiger partial charge in [-0.05, 0) is 38.3 Å². The van der Waals surface area contributed by atoms with Crippen molar-refractivity contribution in [3.05, 3.63) is 35.9 Å². The Morgan fingerprint density at radius 3 is 2.30 bits per heavy atom. The number of carbonyl (C=O) groups excluding carboxylic acids is 2. The van der Waals surface area contributed by atoms with Crippen LogP contribution in [0, 0.1) is 5.92 Å². The van der Waals surface area contributed by atoms with Crippen LogP contribution in [0.1, 0.15) is 39.2 Å². The second-order valence-electron chi connectivity index (χ2n) is 6.14. The normalized spacial score (nSPS) is 13.4. The molecule has 0 saturated heterocycles. The van der Waals surface area contributed by atoms with Crippen LogP contribution in [0.3, 0.4) is 0 Å². The lowest BCUT2D eigenvalue weighted by molar-refractivity contribution is -0.149. The van der Waals surface area contributed by atoms with E-state index in [-0.39, 0.29) is 24.5 Å². The summed E-state index contributed by atoms with van der Waals surface area (Å²) in [5, 5.41) is 5.65. The number of rotatable bonds is 9. The Balaban J connectivity index is 2.62. The molecular formula is C18H28N2O3. The minimum atomic E-state index is -0.607. The van der Waals surface area contributed by atoms with Crippen molar-refractivity contribution >= 4 is 11.9 Å². The van der Waals surface area contributed by atoms with Gasteiger partial charge in [-0.1, -0.05) is 44.2 Å². The molecule has 128 valence electrons. The molecule has 0 aliphatic rings. The molecule has 1 aromatic carbocycles. The van der Waals surface area contributed by atoms with Gasteiger partial charge in [0.05, 0.1) is 6.04 Å². The summed E-state index contributed by atoms with van der Waals surface area (Å²) in [6.07, 6.45) is 1.42. The number of carbonyl (C=O) groups is 2. The minimum Gasteiger partial charge on any atom is -0.459 e. The number of amides is 1. The van der Waals surface area contributed by atoms with Gasteiger partial charge in [0, 0.05) is 0 Å². The number of benzene rings is 1. The smallest absolute Gasteiger partial charge is 0.328 e. The van der Waals surface area contributed by atoms with E-state index in [1.165, 1.54) is 0 Å². The second kappa shape index (κ2) is 10.0. The molecule has 0 aliphatic carbocycles. The molecule has 0 aliphatic heterocycles. The maximum atomic E-state index is 12.3. The van der Waals surface area contributed by atoms with Gasteiger partial charge >= 0.3 is 5.97 Å². The first-order chi connectivity index (χ1) is 10.9. The SMILES string of the molecule is CN[C@H](C)C(=O)N[C@H](CCC(C)C)C(=O)OCc1ccccc1. The fourth-order valence-corrected chi connectivity index (χ4v) is 2.01. The lowest BCUT2D eigenvalue weighted by atomic mass is 10.0. The van der Waals surface area contributed by atoms with Gasteiger partial charge in [0.1, 0.15) is 12.6 Å². The molecule has 5 heteroatoms. The van der Waals surface area contributed by atoms with Crippen molar-refractivity contribution in [1.29, 1.82) is 0 Å². The largest absolute Gasteiger partial charge is 0.459 e. The molecule has 2 N–H and O–H groups in total. The number of likely N-dealkylation sites (N-methyl/N-ethyl adjacent to an activating group) is 1. The van der Waals surface area contributed by atoms with E-state index >= 15 is 0 Å². The van der Waals surface area contributed by atoms with Crippen molar-refractivity contribution in [1.82, 2.24) is 10.6 Å². The summed E-state index contributed by atoms with van der Waals surface area (Å²) < 4.78 is 5.36. The third-order valence-electron chi connectivity index (χ3n) is 3.68. The van der Waals surface area contributed by atoms with E-state index in [4.69, 9.17) is 4.74 Å². The van der Waals surface area contributed by atoms with Gasteiger partial charge in [-0.2, -0.15) is 0 Å². The highest BCUT2D eigenvalue weighted by Crippen LogP contribution is 2.10. The molecular weight excluding hydrogens is 292 g/mol. The van der Waals surface area contributed by atoms with Gasteiger partial charge < -0.3 is 15.4 Å². The highest BCUT2D eigenvalue weighted by molar-refractivity contribution is 5.87. The van der Waals surface area contributed by atoms with Gasteiger partial charge in [-0.25, -0.2) is 4.79 Å². The number of esters is 1. The van der Waals surface area contributed by atoms with Gasteiger partial charge in [0.25, 0.3) is 0 Å². The molecule has 2 atom stereocenters. The molecule has 0 radical (unpaired) electrons. The fraction of sp³-hybridized carbons (Fsp3) is 0.556. The van der Waals surface area contributed by atoms with Crippen LogP contribution >= 0.6 is 0 Å². The van der Waals surface area contributed by atoms with Crippen molar-refractivity contribution in [2.75, 3.05) is 7.05 Å². The monoisotopic (exact) mass is 320 g/mol. The van der Waals surface area contributed by atoms with Crippen molar-refractivity contribution < 1.29 is 14.3 Å². The average molecular weight is 320 g/mol. The molecule has 1 amide bonds. The molecule has 1 rings (SSSR count). The third-order valence-corrected chi connectivity index (χ3v) is 3.68. The Hall–Kier alpha value is -1.88. The zero-order valence-electron chi connectivity index (χ0n) is 14.5. The van der Waals surface area contributed by atoms with E-state index in [1.807, 2.05) is 30.3 Å². The third kappa shape index (κ3) is 7.28. The van der Waals surface area contributed by atoms with E-state index in [0.29, 0.717) is 12.3 Å². The highest BCUT2D eigenvalue weighted by atomic mass is 16.5. The van der Waals surface area contributed by atoms with E-state index in [1.54, 1.807) is 14.0 Å². The van der Waals surface area contributed by atoms with Crippen LogP contribution < -0.4 is 10.6 Å². The van der Waals surface area contributed by atoms with Gasteiger partial charge in [0.2, 0.25) is 5.91 Å². The molecule has 5 nitrogen and oxygen atoms in total. The van der Waals surface area contributed by atoms with Crippen LogP contribution in [-0.4, -0.2) is 31.0 Å². The van der Waals surface area contributed by atoms with Crippen molar-refractivity contribution in [3.8, 4) is 0 Å². The van der Waals surface area contributed by atoms with Crippen LogP contribution in [0.4, 0.5) is 0 Å². The predicted molar refractivity (Wildman–Crippen MR) is 90.8 cm³/mol. The Kier molecular flexibility index (Phi) is 8.33. The molecule has 0 saturated carbocycles. The molecule has 0 unspecified atom stereocenters. The zero-order valence-corrected chi connectivity index (χ0v) is 14.5. The van der Waals surface area contributed by atoms with Gasteiger partial charge in [-0.3, -0.25) is 4.79 Å². The maximum Gasteiger partial charge on any atom is 0.328 e. The summed E-state index contributed by atoms with van der Waals surface area (Å²) in [4.78, 5) is 24.3. The zero-order chi connectivity index (χ0) is 17.2. The first kappa shape index (κ1) is 19.2. The first-order valence-corrected chi connectivity index (χ1v) is 8.12. The van der Waals surface area contributed by atoms with Crippen molar-refractivity contribution in [2.45, 2.75) is 52.3 Å². The first-order valence-electron chi connectivity index (χ1n) is 8.12. The van der Waals surface area contributed by atoms with Gasteiger partial charge in [0.15, 0.2) is 0 Å². The van der Waals surface area contributed by atoms with Crippen LogP contribution in [0.5, 0.6) is 0 Å². The Morgan fingerprint density at radius 1 is 1.09 bits per heavy atom. The second-order valence-corrected chi connectivity index (χ2v) is 6.14. The Morgan fingerprint density at radius 2 is 1.74 bits per heavy atom. The molecule has 0 bridgehead atoms. The van der Waals surface area contributed by atoms with Crippen LogP contribution in [0.15, 0.2) is 30.3 Å². The molecule has 23 heavy (non-hydrogen) atoms. The number of hydrogen-bond acceptors (Lipinski definition) is 4. The fourth-order valence-electron chi connectivity index (χ4n) is 2.01. The van der Waals surface area contributed by atoms with Crippen molar-refractivity contribution in [2.24, 2.45) is 5.92 Å². The van der Waals surface area contributed by atoms with Crippen LogP contribution in [-0.2, 0) is 20.9 Å². The summed E-state index contributed by atoms with van der Waals surface area (Å²) in [7, 11) is 1.71. The van der Waals surface area contributed by atoms with Gasteiger partial charge in [-0.15, -0.1) is 0 Å². The number of ether oxygens (including phenoxy) is 1. The summed E-state index contributed by atoms with van der Waals surface area (Å²) in [6.45, 7) is 6.15. The topological polar surface area (TPSA) is 67.4 Å². The molecule has 0 heterocycles. The summed E-state index contributed by atoms with van der Waals surface area (Å²) in [5.41, 5.74) is 0.929. The Labute approximate surface area is 138 Å². The lowest BCUT2D eigenvalue weighted by Crippen LogP contribution is -2.48. The van der Waals surface area contributed by atoms with E-state index in [0.717, 1.165) is 12.0 Å². The van der Waals surface area contributed by atoms with E-state index in [2.05, 4.69) is 24.5 Å². The van der Waals surface area contributed by atoms with E-state index in [9.17, 15) is 9.59 Å². The Bertz CT molecular complexity index is 488. The molecule has 0 aromatic heterocycles.